The van der Waals surface area contributed by atoms with Crippen molar-refractivity contribution in [2.75, 3.05) is 0 Å². The first-order valence-corrected chi connectivity index (χ1v) is 18.5. The number of rotatable bonds is 3. The minimum Gasteiger partial charge on any atom is -0.309 e. The van der Waals surface area contributed by atoms with Crippen LogP contribution in [0, 0.1) is 0 Å². The van der Waals surface area contributed by atoms with Gasteiger partial charge < -0.3 is 4.57 Å². The van der Waals surface area contributed by atoms with Crippen LogP contribution in [0.2, 0.25) is 0 Å². The van der Waals surface area contributed by atoms with Gasteiger partial charge in [0.15, 0.2) is 7.14 Å². The minimum absolute atomic E-state index is 0.790. The molecule has 0 radical (unpaired) electrons. The summed E-state index contributed by atoms with van der Waals surface area (Å²) in [6.45, 7) is 0. The molecule has 4 heterocycles. The van der Waals surface area contributed by atoms with Gasteiger partial charge in [0.25, 0.3) is 0 Å². The van der Waals surface area contributed by atoms with Crippen LogP contribution in [0.15, 0.2) is 164 Å². The van der Waals surface area contributed by atoms with Crippen molar-refractivity contribution < 1.29 is 4.57 Å². The number of benzene rings is 7. The van der Waals surface area contributed by atoms with E-state index in [-0.39, 0.29) is 0 Å². The zero-order valence-corrected chi connectivity index (χ0v) is 27.6. The topological polar surface area (TPSA) is 51.7 Å². The van der Waals surface area contributed by atoms with Crippen LogP contribution in [0.25, 0.3) is 76.7 Å². The molecule has 7 aromatic carbocycles. The van der Waals surface area contributed by atoms with Gasteiger partial charge in [0.05, 0.1) is 33.1 Å². The van der Waals surface area contributed by atoms with E-state index in [0.29, 0.717) is 0 Å². The molecule has 0 aliphatic rings. The van der Waals surface area contributed by atoms with Crippen LogP contribution in [-0.2, 0) is 4.57 Å². The van der Waals surface area contributed by atoms with Gasteiger partial charge in [-0.05, 0) is 71.4 Å². The molecule has 0 aliphatic heterocycles. The van der Waals surface area contributed by atoms with E-state index >= 15 is 4.57 Å². The van der Waals surface area contributed by atoms with Crippen LogP contribution in [0.5, 0.6) is 0 Å². The molecule has 0 saturated heterocycles. The molecular formula is C44H27N4OP. The van der Waals surface area contributed by atoms with Gasteiger partial charge in [-0.15, -0.1) is 0 Å². The fraction of sp³-hybridized carbons (Fsp3) is 0. The molecule has 11 aromatic rings. The van der Waals surface area contributed by atoms with E-state index in [1.165, 1.54) is 0 Å². The average molecular weight is 659 g/mol. The van der Waals surface area contributed by atoms with Gasteiger partial charge in [0.2, 0.25) is 0 Å². The van der Waals surface area contributed by atoms with Crippen LogP contribution < -0.4 is 15.9 Å². The van der Waals surface area contributed by atoms with Crippen LogP contribution in [-0.4, -0.2) is 18.8 Å². The number of hydrogen-bond acceptors (Lipinski definition) is 3. The third-order valence-corrected chi connectivity index (χ3v) is 13.4. The SMILES string of the molecule is O=P(c1ccccc1)(c1ccc2c(c1)c1ccccc1n1c3ccccc3nc21)c1ccc2c(c1)c1ccccc1n1c3ccccc3nc21. The van der Waals surface area contributed by atoms with Crippen LogP contribution in [0.1, 0.15) is 0 Å². The lowest BCUT2D eigenvalue weighted by molar-refractivity contribution is 0.592. The van der Waals surface area contributed by atoms with Crippen molar-refractivity contribution in [3.8, 4) is 0 Å². The molecule has 0 aliphatic carbocycles. The molecule has 0 bridgehead atoms. The second-order valence-corrected chi connectivity index (χ2v) is 15.7. The molecule has 50 heavy (non-hydrogen) atoms. The quantitative estimate of drug-likeness (QED) is 0.140. The maximum Gasteiger partial charge on any atom is 0.171 e. The van der Waals surface area contributed by atoms with E-state index in [1.54, 1.807) is 0 Å². The molecule has 11 rings (SSSR count). The number of pyridine rings is 2. The standard InChI is InChI=1S/C44H27N4OP/c49-50(28-12-2-1-3-13-28,29-22-24-33-35(26-29)31-14-4-8-18-39(31)47-41-20-10-6-16-37(41)45-43(33)47)30-23-25-34-36(27-30)32-15-5-9-19-40(32)48-42-21-11-7-17-38(42)46-44(34)48/h1-27H. The van der Waals surface area contributed by atoms with Crippen molar-refractivity contribution in [3.05, 3.63) is 164 Å². The summed E-state index contributed by atoms with van der Waals surface area (Å²) in [6, 6.07) is 56.0. The molecule has 0 saturated carbocycles. The van der Waals surface area contributed by atoms with Crippen LogP contribution >= 0.6 is 7.14 Å². The van der Waals surface area contributed by atoms with Gasteiger partial charge in [0.1, 0.15) is 11.3 Å². The Morgan fingerprint density at radius 2 is 0.780 bits per heavy atom. The fourth-order valence-corrected chi connectivity index (χ4v) is 10.7. The summed E-state index contributed by atoms with van der Waals surface area (Å²) >= 11 is 0. The Morgan fingerprint density at radius 1 is 0.360 bits per heavy atom. The lowest BCUT2D eigenvalue weighted by atomic mass is 10.1. The molecule has 0 fully saturated rings. The van der Waals surface area contributed by atoms with Crippen LogP contribution in [0.4, 0.5) is 0 Å². The number of imidazole rings is 2. The van der Waals surface area contributed by atoms with E-state index in [0.717, 1.165) is 92.6 Å². The van der Waals surface area contributed by atoms with Crippen molar-refractivity contribution >= 4 is 99.8 Å². The van der Waals surface area contributed by atoms with E-state index in [4.69, 9.17) is 9.97 Å². The van der Waals surface area contributed by atoms with Crippen molar-refractivity contribution in [1.82, 2.24) is 18.8 Å². The van der Waals surface area contributed by atoms with E-state index < -0.39 is 7.14 Å². The monoisotopic (exact) mass is 658 g/mol. The minimum atomic E-state index is -3.37. The Kier molecular flexibility index (Phi) is 5.59. The molecule has 0 atom stereocenters. The van der Waals surface area contributed by atoms with Gasteiger partial charge in [-0.2, -0.15) is 0 Å². The van der Waals surface area contributed by atoms with Gasteiger partial charge >= 0.3 is 0 Å². The summed E-state index contributed by atoms with van der Waals surface area (Å²) in [5.41, 5.74) is 7.99. The average Bonchev–Trinajstić information content (AvgIpc) is 3.78. The normalized spacial score (nSPS) is 12.5. The van der Waals surface area contributed by atoms with Gasteiger partial charge in [-0.25, -0.2) is 9.97 Å². The van der Waals surface area contributed by atoms with Crippen molar-refractivity contribution in [2.24, 2.45) is 0 Å². The third kappa shape index (κ3) is 3.65. The Bertz CT molecular complexity index is 3050. The molecule has 0 N–H and O–H groups in total. The van der Waals surface area contributed by atoms with Crippen molar-refractivity contribution in [3.63, 3.8) is 0 Å². The Morgan fingerprint density at radius 3 is 1.28 bits per heavy atom. The van der Waals surface area contributed by atoms with E-state index in [2.05, 4.69) is 130 Å². The summed E-state index contributed by atoms with van der Waals surface area (Å²) in [7, 11) is -3.37. The Balaban J connectivity index is 1.23. The predicted octanol–water partition coefficient (Wildman–Crippen LogP) is 9.54. The molecule has 4 aromatic heterocycles. The molecule has 0 spiro atoms. The Hall–Kier alpha value is -6.29. The molecule has 0 amide bonds. The largest absolute Gasteiger partial charge is 0.309 e. The first-order chi connectivity index (χ1) is 24.7. The van der Waals surface area contributed by atoms with E-state index in [1.807, 2.05) is 42.5 Å². The summed E-state index contributed by atoms with van der Waals surface area (Å²) in [4.78, 5) is 10.2. The number of aromatic nitrogens is 4. The summed E-state index contributed by atoms with van der Waals surface area (Å²) in [5, 5.41) is 8.70. The lowest BCUT2D eigenvalue weighted by Gasteiger charge is -2.22. The molecule has 6 heteroatoms. The maximum absolute atomic E-state index is 16.1. The highest BCUT2D eigenvalue weighted by molar-refractivity contribution is 7.85. The smallest absolute Gasteiger partial charge is 0.171 e. The second kappa shape index (κ2) is 10.1. The summed E-state index contributed by atoms with van der Waals surface area (Å²) in [5.74, 6) is 0. The van der Waals surface area contributed by atoms with Gasteiger partial charge in [0, 0.05) is 37.5 Å². The van der Waals surface area contributed by atoms with Crippen LogP contribution in [0.3, 0.4) is 0 Å². The number of hydrogen-bond donors (Lipinski definition) is 0. The predicted molar refractivity (Wildman–Crippen MR) is 208 cm³/mol. The maximum atomic E-state index is 16.1. The highest BCUT2D eigenvalue weighted by atomic mass is 31.2. The number of para-hydroxylation sites is 6. The summed E-state index contributed by atoms with van der Waals surface area (Å²) < 4.78 is 20.6. The second-order valence-electron chi connectivity index (χ2n) is 13.0. The fourth-order valence-electron chi connectivity index (χ4n) is 8.07. The zero-order valence-electron chi connectivity index (χ0n) is 26.7. The number of nitrogens with zero attached hydrogens (tertiary/aromatic N) is 4. The highest BCUT2D eigenvalue weighted by Crippen LogP contribution is 2.45. The van der Waals surface area contributed by atoms with Crippen molar-refractivity contribution in [2.45, 2.75) is 0 Å². The lowest BCUT2D eigenvalue weighted by Crippen LogP contribution is -2.25. The number of fused-ring (bicyclic) bond motifs is 16. The van der Waals surface area contributed by atoms with Gasteiger partial charge in [-0.1, -0.05) is 103 Å². The van der Waals surface area contributed by atoms with Crippen molar-refractivity contribution in [1.29, 1.82) is 0 Å². The highest BCUT2D eigenvalue weighted by Gasteiger charge is 2.31. The van der Waals surface area contributed by atoms with E-state index in [9.17, 15) is 0 Å². The molecular weight excluding hydrogens is 631 g/mol. The first-order valence-electron chi connectivity index (χ1n) is 16.8. The first kappa shape index (κ1) is 27.6. The zero-order chi connectivity index (χ0) is 33.0. The van der Waals surface area contributed by atoms with Gasteiger partial charge in [-0.3, -0.25) is 8.80 Å². The molecule has 0 unspecified atom stereocenters. The third-order valence-electron chi connectivity index (χ3n) is 10.3. The molecule has 5 nitrogen and oxygen atoms in total. The summed E-state index contributed by atoms with van der Waals surface area (Å²) in [6.07, 6.45) is 0. The molecule has 234 valence electrons. The Labute approximate surface area is 286 Å².